The largest absolute Gasteiger partial charge is 0.417 e. The van der Waals surface area contributed by atoms with Crippen LogP contribution in [-0.2, 0) is 12.6 Å². The lowest BCUT2D eigenvalue weighted by atomic mass is 10.00. The van der Waals surface area contributed by atoms with Crippen molar-refractivity contribution in [2.24, 2.45) is 0 Å². The normalized spacial score (nSPS) is 11.6. The maximum Gasteiger partial charge on any atom is 0.417 e. The topological polar surface area (TPSA) is 17.1 Å². The summed E-state index contributed by atoms with van der Waals surface area (Å²) in [6.07, 6.45) is -3.99. The highest BCUT2D eigenvalue weighted by molar-refractivity contribution is 9.10. The van der Waals surface area contributed by atoms with Crippen LogP contribution in [0.4, 0.5) is 13.2 Å². The zero-order valence-electron chi connectivity index (χ0n) is 10.2. The molecule has 0 aliphatic rings. The molecule has 0 amide bonds. The minimum absolute atomic E-state index is 0.0746. The van der Waals surface area contributed by atoms with Crippen molar-refractivity contribution in [3.8, 4) is 0 Å². The molecule has 0 bridgehead atoms. The molecule has 6 heteroatoms. The summed E-state index contributed by atoms with van der Waals surface area (Å²) >= 11 is 4.49. The molecule has 2 aromatic rings. The van der Waals surface area contributed by atoms with Gasteiger partial charge in [0.1, 0.15) is 0 Å². The first-order chi connectivity index (χ1) is 9.38. The van der Waals surface area contributed by atoms with E-state index in [1.807, 2.05) is 17.5 Å². The van der Waals surface area contributed by atoms with Crippen molar-refractivity contribution in [3.05, 3.63) is 56.2 Å². The zero-order chi connectivity index (χ0) is 14.8. The first-order valence-electron chi connectivity index (χ1n) is 5.80. The molecule has 0 unspecified atom stereocenters. The van der Waals surface area contributed by atoms with E-state index in [9.17, 15) is 18.0 Å². The quantitative estimate of drug-likeness (QED) is 0.670. The van der Waals surface area contributed by atoms with Gasteiger partial charge in [-0.2, -0.15) is 13.2 Å². The molecular weight excluding hydrogens is 353 g/mol. The number of halogens is 4. The second-order valence-electron chi connectivity index (χ2n) is 4.19. The van der Waals surface area contributed by atoms with Crippen LogP contribution in [0.2, 0.25) is 0 Å². The molecule has 2 rings (SSSR count). The zero-order valence-corrected chi connectivity index (χ0v) is 12.6. The van der Waals surface area contributed by atoms with Gasteiger partial charge in [0.2, 0.25) is 0 Å². The van der Waals surface area contributed by atoms with Crippen LogP contribution in [0.15, 0.2) is 40.2 Å². The fraction of sp³-hybridized carbons (Fsp3) is 0.214. The number of aryl methyl sites for hydroxylation is 1. The van der Waals surface area contributed by atoms with Crippen LogP contribution in [0.25, 0.3) is 0 Å². The molecule has 0 aliphatic carbocycles. The Bertz CT molecular complexity index is 605. The van der Waals surface area contributed by atoms with Gasteiger partial charge in [0.25, 0.3) is 0 Å². The Hall–Kier alpha value is -1.14. The van der Waals surface area contributed by atoms with Crippen molar-refractivity contribution in [1.29, 1.82) is 0 Å². The molecule has 0 fully saturated rings. The second kappa shape index (κ2) is 6.10. The molecule has 0 N–H and O–H groups in total. The molecule has 0 saturated carbocycles. The van der Waals surface area contributed by atoms with Crippen molar-refractivity contribution in [3.63, 3.8) is 0 Å². The number of thiophene rings is 1. The highest BCUT2D eigenvalue weighted by Crippen LogP contribution is 2.34. The van der Waals surface area contributed by atoms with E-state index in [0.29, 0.717) is 10.9 Å². The molecule has 0 spiro atoms. The monoisotopic (exact) mass is 362 g/mol. The Balaban J connectivity index is 2.21. The molecule has 1 aromatic heterocycles. The molecule has 0 radical (unpaired) electrons. The molecule has 1 aromatic carbocycles. The van der Waals surface area contributed by atoms with Crippen LogP contribution in [0.5, 0.6) is 0 Å². The summed E-state index contributed by atoms with van der Waals surface area (Å²) in [4.78, 5) is 13.0. The summed E-state index contributed by atoms with van der Waals surface area (Å²) in [6.45, 7) is 0. The maximum atomic E-state index is 12.9. The number of carbonyl (C=O) groups excluding carboxylic acids is 1. The number of alkyl halides is 3. The number of carbonyl (C=O) groups is 1. The van der Waals surface area contributed by atoms with Crippen LogP contribution in [0.1, 0.15) is 27.2 Å². The van der Waals surface area contributed by atoms with E-state index in [2.05, 4.69) is 15.9 Å². The maximum absolute atomic E-state index is 12.9. The lowest BCUT2D eigenvalue weighted by molar-refractivity contribution is -0.138. The smallest absolute Gasteiger partial charge is 0.294 e. The van der Waals surface area contributed by atoms with Crippen molar-refractivity contribution < 1.29 is 18.0 Å². The first-order valence-corrected chi connectivity index (χ1v) is 7.47. The van der Waals surface area contributed by atoms with Gasteiger partial charge in [0.15, 0.2) is 5.78 Å². The number of ketones is 1. The number of benzene rings is 1. The molecule has 1 heterocycles. The SMILES string of the molecule is O=C(CCc1cccs1)c1ccc(Br)cc1C(F)(F)F. The van der Waals surface area contributed by atoms with Crippen molar-refractivity contribution in [2.45, 2.75) is 19.0 Å². The third-order valence-electron chi connectivity index (χ3n) is 2.77. The Morgan fingerprint density at radius 1 is 1.25 bits per heavy atom. The minimum atomic E-state index is -4.53. The Morgan fingerprint density at radius 2 is 2.00 bits per heavy atom. The van der Waals surface area contributed by atoms with Gasteiger partial charge in [-0.1, -0.05) is 22.0 Å². The fourth-order valence-electron chi connectivity index (χ4n) is 1.82. The molecule has 1 nitrogen and oxygen atoms in total. The van der Waals surface area contributed by atoms with Gasteiger partial charge in [-0.05, 0) is 36.1 Å². The van der Waals surface area contributed by atoms with E-state index in [0.717, 1.165) is 10.9 Å². The fourth-order valence-corrected chi connectivity index (χ4v) is 2.89. The van der Waals surface area contributed by atoms with Gasteiger partial charge >= 0.3 is 6.18 Å². The van der Waals surface area contributed by atoms with E-state index in [-0.39, 0.29) is 12.0 Å². The van der Waals surface area contributed by atoms with Gasteiger partial charge in [-0.3, -0.25) is 4.79 Å². The number of Topliss-reactive ketones (excluding diaryl/α,β-unsaturated/α-hetero) is 1. The van der Waals surface area contributed by atoms with E-state index < -0.39 is 17.5 Å². The summed E-state index contributed by atoms with van der Waals surface area (Å²) < 4.78 is 39.1. The molecular formula is C14H10BrF3OS. The molecule has 106 valence electrons. The van der Waals surface area contributed by atoms with Crippen LogP contribution >= 0.6 is 27.3 Å². The highest BCUT2D eigenvalue weighted by Gasteiger charge is 2.35. The van der Waals surface area contributed by atoms with E-state index >= 15 is 0 Å². The number of rotatable bonds is 4. The summed E-state index contributed by atoms with van der Waals surface area (Å²) in [5.74, 6) is -0.488. The molecule has 0 atom stereocenters. The third kappa shape index (κ3) is 3.70. The van der Waals surface area contributed by atoms with Gasteiger partial charge < -0.3 is 0 Å². The van der Waals surface area contributed by atoms with Gasteiger partial charge in [-0.25, -0.2) is 0 Å². The molecule has 20 heavy (non-hydrogen) atoms. The van der Waals surface area contributed by atoms with Crippen LogP contribution < -0.4 is 0 Å². The number of hydrogen-bond acceptors (Lipinski definition) is 2. The summed E-state index contributed by atoms with van der Waals surface area (Å²) in [7, 11) is 0. The lowest BCUT2D eigenvalue weighted by Crippen LogP contribution is -2.13. The number of hydrogen-bond donors (Lipinski definition) is 0. The first kappa shape index (κ1) is 15.3. The average molecular weight is 363 g/mol. The van der Waals surface area contributed by atoms with Gasteiger partial charge in [-0.15, -0.1) is 11.3 Å². The Labute approximate surface area is 126 Å². The minimum Gasteiger partial charge on any atom is -0.294 e. The Morgan fingerprint density at radius 3 is 2.60 bits per heavy atom. The molecule has 0 saturated heterocycles. The lowest BCUT2D eigenvalue weighted by Gasteiger charge is -2.12. The predicted molar refractivity (Wildman–Crippen MR) is 76.1 cm³/mol. The average Bonchev–Trinajstić information content (AvgIpc) is 2.88. The van der Waals surface area contributed by atoms with E-state index in [4.69, 9.17) is 0 Å². The predicted octanol–water partition coefficient (Wildman–Crippen LogP) is 5.34. The Kier molecular flexibility index (Phi) is 4.65. The van der Waals surface area contributed by atoms with Crippen molar-refractivity contribution in [2.75, 3.05) is 0 Å². The summed E-state index contributed by atoms with van der Waals surface area (Å²) in [5.41, 5.74) is -1.15. The van der Waals surface area contributed by atoms with Crippen molar-refractivity contribution in [1.82, 2.24) is 0 Å². The van der Waals surface area contributed by atoms with Crippen LogP contribution in [0, 0.1) is 0 Å². The summed E-state index contributed by atoms with van der Waals surface area (Å²) in [5, 5.41) is 1.88. The standard InChI is InChI=1S/C14H10BrF3OS/c15-9-3-5-11(12(8-9)14(16,17)18)13(19)6-4-10-2-1-7-20-10/h1-3,5,7-8H,4,6H2. The second-order valence-corrected chi connectivity index (χ2v) is 6.14. The third-order valence-corrected chi connectivity index (χ3v) is 4.20. The summed E-state index contributed by atoms with van der Waals surface area (Å²) in [6, 6.07) is 7.34. The van der Waals surface area contributed by atoms with Gasteiger partial charge in [0, 0.05) is 21.3 Å². The van der Waals surface area contributed by atoms with Crippen molar-refractivity contribution >= 4 is 33.0 Å². The highest BCUT2D eigenvalue weighted by atomic mass is 79.9. The molecule has 0 aliphatic heterocycles. The van der Waals surface area contributed by atoms with E-state index in [1.54, 1.807) is 0 Å². The van der Waals surface area contributed by atoms with Crippen LogP contribution in [-0.4, -0.2) is 5.78 Å². The van der Waals surface area contributed by atoms with E-state index in [1.165, 1.54) is 23.5 Å². The van der Waals surface area contributed by atoms with Crippen LogP contribution in [0.3, 0.4) is 0 Å². The van der Waals surface area contributed by atoms with Gasteiger partial charge in [0.05, 0.1) is 5.56 Å².